The molecule has 2 rings (SSSR count). The number of carbonyl (C=O) groups is 1. The van der Waals surface area contributed by atoms with Crippen molar-refractivity contribution in [1.82, 2.24) is 4.98 Å². The first kappa shape index (κ1) is 11.9. The minimum Gasteiger partial charge on any atom is -0.441 e. The summed E-state index contributed by atoms with van der Waals surface area (Å²) in [6.07, 6.45) is 2.73. The number of hydrogen-bond acceptors (Lipinski definition) is 3. The first-order chi connectivity index (χ1) is 8.15. The van der Waals surface area contributed by atoms with Crippen molar-refractivity contribution in [3.8, 4) is 11.5 Å². The van der Waals surface area contributed by atoms with Crippen LogP contribution in [0.5, 0.6) is 0 Å². The standard InChI is InChI=1S/C13H12ClNO2/c1-9(16)2-7-12-8-15-13(17-12)10-3-5-11(14)6-4-10/h3-6,8H,2,7H2,1H3. The Kier molecular flexibility index (Phi) is 3.59. The number of Topliss-reactive ketones (excluding diaryl/α,β-unsaturated/α-hetero) is 1. The molecule has 88 valence electrons. The molecule has 0 unspecified atom stereocenters. The average molecular weight is 250 g/mol. The molecule has 0 atom stereocenters. The normalized spacial score (nSPS) is 10.5. The van der Waals surface area contributed by atoms with Crippen LogP contribution in [0, 0.1) is 0 Å². The maximum absolute atomic E-state index is 10.9. The lowest BCUT2D eigenvalue weighted by Crippen LogP contribution is -1.92. The van der Waals surface area contributed by atoms with E-state index in [0.717, 1.165) is 11.3 Å². The van der Waals surface area contributed by atoms with Gasteiger partial charge in [0.2, 0.25) is 5.89 Å². The van der Waals surface area contributed by atoms with Crippen molar-refractivity contribution in [3.05, 3.63) is 41.2 Å². The lowest BCUT2D eigenvalue weighted by molar-refractivity contribution is -0.117. The highest BCUT2D eigenvalue weighted by molar-refractivity contribution is 6.30. The number of nitrogens with zero attached hydrogens (tertiary/aromatic N) is 1. The summed E-state index contributed by atoms with van der Waals surface area (Å²) in [5, 5.41) is 0.678. The third-order valence-electron chi connectivity index (χ3n) is 2.37. The molecule has 1 heterocycles. The minimum atomic E-state index is 0.148. The molecule has 0 fully saturated rings. The van der Waals surface area contributed by atoms with E-state index in [2.05, 4.69) is 4.98 Å². The Balaban J connectivity index is 2.12. The Hall–Kier alpha value is -1.61. The molecule has 3 nitrogen and oxygen atoms in total. The smallest absolute Gasteiger partial charge is 0.226 e. The van der Waals surface area contributed by atoms with Gasteiger partial charge in [-0.05, 0) is 31.2 Å². The van der Waals surface area contributed by atoms with Crippen molar-refractivity contribution in [2.24, 2.45) is 0 Å². The molecule has 0 amide bonds. The largest absolute Gasteiger partial charge is 0.441 e. The molecule has 1 aromatic heterocycles. The van der Waals surface area contributed by atoms with E-state index < -0.39 is 0 Å². The third kappa shape index (κ3) is 3.17. The molecule has 17 heavy (non-hydrogen) atoms. The highest BCUT2D eigenvalue weighted by Gasteiger charge is 2.07. The molecular formula is C13H12ClNO2. The number of benzene rings is 1. The monoisotopic (exact) mass is 249 g/mol. The zero-order valence-electron chi connectivity index (χ0n) is 9.44. The van der Waals surface area contributed by atoms with Gasteiger partial charge in [-0.25, -0.2) is 4.98 Å². The van der Waals surface area contributed by atoms with Gasteiger partial charge in [0, 0.05) is 23.4 Å². The van der Waals surface area contributed by atoms with Gasteiger partial charge in [0.15, 0.2) is 0 Å². The van der Waals surface area contributed by atoms with Gasteiger partial charge in [-0.15, -0.1) is 0 Å². The van der Waals surface area contributed by atoms with Gasteiger partial charge in [0.05, 0.1) is 6.20 Å². The number of oxazole rings is 1. The minimum absolute atomic E-state index is 0.148. The first-order valence-electron chi connectivity index (χ1n) is 5.35. The average Bonchev–Trinajstić information content (AvgIpc) is 2.76. The summed E-state index contributed by atoms with van der Waals surface area (Å²) in [4.78, 5) is 15.0. The molecule has 0 spiro atoms. The quantitative estimate of drug-likeness (QED) is 0.833. The van der Waals surface area contributed by atoms with Crippen molar-refractivity contribution < 1.29 is 9.21 Å². The van der Waals surface area contributed by atoms with Gasteiger partial charge in [0.25, 0.3) is 0 Å². The second-order valence-electron chi connectivity index (χ2n) is 3.84. The van der Waals surface area contributed by atoms with Gasteiger partial charge in [-0.2, -0.15) is 0 Å². The van der Waals surface area contributed by atoms with Gasteiger partial charge in [-0.1, -0.05) is 11.6 Å². The van der Waals surface area contributed by atoms with Crippen LogP contribution in [0.1, 0.15) is 19.1 Å². The molecule has 0 bridgehead atoms. The lowest BCUT2D eigenvalue weighted by atomic mass is 10.2. The van der Waals surface area contributed by atoms with Gasteiger partial charge >= 0.3 is 0 Å². The number of carbonyl (C=O) groups excluding carboxylic acids is 1. The van der Waals surface area contributed by atoms with Crippen LogP contribution in [0.15, 0.2) is 34.9 Å². The van der Waals surface area contributed by atoms with Crippen LogP contribution in [0.25, 0.3) is 11.5 Å². The van der Waals surface area contributed by atoms with Crippen LogP contribution >= 0.6 is 11.6 Å². The fraction of sp³-hybridized carbons (Fsp3) is 0.231. The van der Waals surface area contributed by atoms with Gasteiger partial charge in [0.1, 0.15) is 11.5 Å². The predicted octanol–water partition coefficient (Wildman–Crippen LogP) is 3.52. The van der Waals surface area contributed by atoms with Crippen LogP contribution in [-0.4, -0.2) is 10.8 Å². The van der Waals surface area contributed by atoms with Gasteiger partial charge in [-0.3, -0.25) is 0 Å². The van der Waals surface area contributed by atoms with E-state index in [-0.39, 0.29) is 5.78 Å². The molecule has 4 heteroatoms. The summed E-state index contributed by atoms with van der Waals surface area (Å²) < 4.78 is 5.55. The topological polar surface area (TPSA) is 43.1 Å². The van der Waals surface area contributed by atoms with Gasteiger partial charge < -0.3 is 9.21 Å². The van der Waals surface area contributed by atoms with E-state index in [4.69, 9.17) is 16.0 Å². The molecule has 0 aliphatic rings. The summed E-state index contributed by atoms with van der Waals surface area (Å²) in [6, 6.07) is 7.28. The van der Waals surface area contributed by atoms with Crippen molar-refractivity contribution in [2.45, 2.75) is 19.8 Å². The molecule has 0 N–H and O–H groups in total. The summed E-state index contributed by atoms with van der Waals surface area (Å²) >= 11 is 5.80. The maximum atomic E-state index is 10.9. The number of halogens is 1. The molecule has 0 saturated heterocycles. The Labute approximate surface area is 104 Å². The lowest BCUT2D eigenvalue weighted by Gasteiger charge is -1.95. The van der Waals surface area contributed by atoms with Crippen molar-refractivity contribution in [1.29, 1.82) is 0 Å². The van der Waals surface area contributed by atoms with Crippen molar-refractivity contribution in [3.63, 3.8) is 0 Å². The van der Waals surface area contributed by atoms with E-state index in [1.807, 2.05) is 12.1 Å². The van der Waals surface area contributed by atoms with E-state index in [0.29, 0.717) is 23.8 Å². The molecule has 0 radical (unpaired) electrons. The van der Waals surface area contributed by atoms with Crippen LogP contribution in [0.3, 0.4) is 0 Å². The van der Waals surface area contributed by atoms with Crippen LogP contribution < -0.4 is 0 Å². The summed E-state index contributed by atoms with van der Waals surface area (Å²) in [5.41, 5.74) is 0.878. The third-order valence-corrected chi connectivity index (χ3v) is 2.62. The van der Waals surface area contributed by atoms with Crippen LogP contribution in [0.2, 0.25) is 5.02 Å². The van der Waals surface area contributed by atoms with E-state index in [1.165, 1.54) is 0 Å². The zero-order chi connectivity index (χ0) is 12.3. The Morgan fingerprint density at radius 3 is 2.71 bits per heavy atom. The molecular weight excluding hydrogens is 238 g/mol. The van der Waals surface area contributed by atoms with Crippen molar-refractivity contribution in [2.75, 3.05) is 0 Å². The fourth-order valence-corrected chi connectivity index (χ4v) is 1.57. The van der Waals surface area contributed by atoms with E-state index in [1.54, 1.807) is 25.3 Å². The predicted molar refractivity (Wildman–Crippen MR) is 66.0 cm³/mol. The maximum Gasteiger partial charge on any atom is 0.226 e. The fourth-order valence-electron chi connectivity index (χ4n) is 1.45. The zero-order valence-corrected chi connectivity index (χ0v) is 10.2. The summed E-state index contributed by atoms with van der Waals surface area (Å²) in [5.74, 6) is 1.43. The Bertz CT molecular complexity index is 516. The highest BCUT2D eigenvalue weighted by atomic mass is 35.5. The summed E-state index contributed by atoms with van der Waals surface area (Å²) in [7, 11) is 0. The number of aromatic nitrogens is 1. The number of hydrogen-bond donors (Lipinski definition) is 0. The van der Waals surface area contributed by atoms with E-state index in [9.17, 15) is 4.79 Å². The number of rotatable bonds is 4. The molecule has 2 aromatic rings. The highest BCUT2D eigenvalue weighted by Crippen LogP contribution is 2.21. The van der Waals surface area contributed by atoms with Crippen LogP contribution in [-0.2, 0) is 11.2 Å². The van der Waals surface area contributed by atoms with Crippen molar-refractivity contribution >= 4 is 17.4 Å². The number of aryl methyl sites for hydroxylation is 1. The second kappa shape index (κ2) is 5.15. The summed E-state index contributed by atoms with van der Waals surface area (Å²) in [6.45, 7) is 1.57. The SMILES string of the molecule is CC(=O)CCc1cnc(-c2ccc(Cl)cc2)o1. The second-order valence-corrected chi connectivity index (χ2v) is 4.28. The Morgan fingerprint density at radius 2 is 2.06 bits per heavy atom. The Morgan fingerprint density at radius 1 is 1.35 bits per heavy atom. The number of ketones is 1. The first-order valence-corrected chi connectivity index (χ1v) is 5.73. The van der Waals surface area contributed by atoms with E-state index >= 15 is 0 Å². The molecule has 0 saturated carbocycles. The van der Waals surface area contributed by atoms with Crippen LogP contribution in [0.4, 0.5) is 0 Å². The molecule has 0 aliphatic carbocycles. The molecule has 0 aliphatic heterocycles. The molecule has 1 aromatic carbocycles.